The van der Waals surface area contributed by atoms with Crippen molar-refractivity contribution < 1.29 is 9.53 Å². The largest absolute Gasteiger partial charge is 0.497 e. The van der Waals surface area contributed by atoms with Crippen LogP contribution in [0.1, 0.15) is 28.4 Å². The smallest absolute Gasteiger partial charge is 0.159 e. The van der Waals surface area contributed by atoms with Crippen molar-refractivity contribution in [2.24, 2.45) is 0 Å². The molecule has 0 unspecified atom stereocenters. The first kappa shape index (κ1) is 12.4. The van der Waals surface area contributed by atoms with Crippen molar-refractivity contribution in [3.05, 3.63) is 65.2 Å². The molecule has 2 heteroatoms. The van der Waals surface area contributed by atoms with E-state index in [1.165, 1.54) is 11.1 Å². The van der Waals surface area contributed by atoms with Gasteiger partial charge in [0.25, 0.3) is 0 Å². The Morgan fingerprint density at radius 3 is 1.89 bits per heavy atom. The molecule has 0 radical (unpaired) electrons. The number of Topliss-reactive ketones (excluding diaryl/α,β-unsaturated/α-hetero) is 1. The van der Waals surface area contributed by atoms with Gasteiger partial charge >= 0.3 is 0 Å². The lowest BCUT2D eigenvalue weighted by Crippen LogP contribution is -1.93. The van der Waals surface area contributed by atoms with Crippen LogP contribution < -0.4 is 4.74 Å². The lowest BCUT2D eigenvalue weighted by molar-refractivity contribution is 0.101. The SMILES string of the molecule is COc1ccc(Cc2ccc(C(C)=O)cc2)cc1. The predicted molar refractivity (Wildman–Crippen MR) is 72.2 cm³/mol. The highest BCUT2D eigenvalue weighted by Gasteiger charge is 2.00. The average Bonchev–Trinajstić information content (AvgIpc) is 2.40. The zero-order valence-corrected chi connectivity index (χ0v) is 10.6. The van der Waals surface area contributed by atoms with E-state index in [2.05, 4.69) is 12.1 Å². The summed E-state index contributed by atoms with van der Waals surface area (Å²) in [4.78, 5) is 11.2. The molecular formula is C16H16O2. The molecule has 2 aromatic carbocycles. The van der Waals surface area contributed by atoms with Gasteiger partial charge in [-0.3, -0.25) is 4.79 Å². The minimum atomic E-state index is 0.103. The highest BCUT2D eigenvalue weighted by molar-refractivity contribution is 5.94. The molecule has 0 amide bonds. The van der Waals surface area contributed by atoms with Crippen LogP contribution in [-0.4, -0.2) is 12.9 Å². The predicted octanol–water partition coefficient (Wildman–Crippen LogP) is 3.49. The van der Waals surface area contributed by atoms with E-state index < -0.39 is 0 Å². The van der Waals surface area contributed by atoms with Crippen LogP contribution in [0.4, 0.5) is 0 Å². The van der Waals surface area contributed by atoms with Crippen LogP contribution in [0.15, 0.2) is 48.5 Å². The molecule has 0 fully saturated rings. The van der Waals surface area contributed by atoms with Gasteiger partial charge in [-0.05, 0) is 36.6 Å². The summed E-state index contributed by atoms with van der Waals surface area (Å²) in [6.45, 7) is 1.58. The van der Waals surface area contributed by atoms with Gasteiger partial charge in [-0.15, -0.1) is 0 Å². The first-order chi connectivity index (χ1) is 8.69. The maximum Gasteiger partial charge on any atom is 0.159 e. The van der Waals surface area contributed by atoms with Gasteiger partial charge in [0.15, 0.2) is 5.78 Å². The van der Waals surface area contributed by atoms with Crippen molar-refractivity contribution in [1.29, 1.82) is 0 Å². The van der Waals surface area contributed by atoms with Crippen molar-refractivity contribution in [2.75, 3.05) is 7.11 Å². The molecule has 0 aliphatic heterocycles. The second-order valence-corrected chi connectivity index (χ2v) is 4.28. The van der Waals surface area contributed by atoms with E-state index in [4.69, 9.17) is 4.74 Å². The third kappa shape index (κ3) is 2.98. The van der Waals surface area contributed by atoms with E-state index in [0.717, 1.165) is 17.7 Å². The topological polar surface area (TPSA) is 26.3 Å². The molecule has 18 heavy (non-hydrogen) atoms. The Labute approximate surface area is 107 Å². The summed E-state index contributed by atoms with van der Waals surface area (Å²) in [6, 6.07) is 15.8. The van der Waals surface area contributed by atoms with Crippen LogP contribution in [0.2, 0.25) is 0 Å². The van der Waals surface area contributed by atoms with Gasteiger partial charge in [0.05, 0.1) is 7.11 Å². The zero-order chi connectivity index (χ0) is 13.0. The number of carbonyl (C=O) groups excluding carboxylic acids is 1. The lowest BCUT2D eigenvalue weighted by Gasteiger charge is -2.04. The Morgan fingerprint density at radius 2 is 1.44 bits per heavy atom. The van der Waals surface area contributed by atoms with E-state index in [1.807, 2.05) is 36.4 Å². The molecule has 0 saturated heterocycles. The first-order valence-corrected chi connectivity index (χ1v) is 5.92. The molecule has 0 saturated carbocycles. The first-order valence-electron chi connectivity index (χ1n) is 5.92. The molecule has 0 aliphatic rings. The summed E-state index contributed by atoms with van der Waals surface area (Å²) in [5, 5.41) is 0. The molecule has 2 aromatic rings. The minimum Gasteiger partial charge on any atom is -0.497 e. The summed E-state index contributed by atoms with van der Waals surface area (Å²) >= 11 is 0. The zero-order valence-electron chi connectivity index (χ0n) is 10.6. The van der Waals surface area contributed by atoms with Gasteiger partial charge < -0.3 is 4.74 Å². The van der Waals surface area contributed by atoms with Crippen LogP contribution in [0, 0.1) is 0 Å². The molecule has 0 aliphatic carbocycles. The second kappa shape index (κ2) is 5.50. The lowest BCUT2D eigenvalue weighted by atomic mass is 10.0. The molecule has 0 N–H and O–H groups in total. The van der Waals surface area contributed by atoms with Crippen LogP contribution >= 0.6 is 0 Å². The molecule has 0 atom stereocenters. The molecule has 0 bridgehead atoms. The molecule has 2 rings (SSSR count). The quantitative estimate of drug-likeness (QED) is 0.765. The molecule has 0 aromatic heterocycles. The fourth-order valence-corrected chi connectivity index (χ4v) is 1.84. The number of rotatable bonds is 4. The van der Waals surface area contributed by atoms with Gasteiger partial charge in [0, 0.05) is 5.56 Å². The van der Waals surface area contributed by atoms with E-state index in [-0.39, 0.29) is 5.78 Å². The number of benzene rings is 2. The van der Waals surface area contributed by atoms with Crippen LogP contribution in [0.3, 0.4) is 0 Å². The molecule has 0 heterocycles. The van der Waals surface area contributed by atoms with Crippen molar-refractivity contribution in [3.63, 3.8) is 0 Å². The van der Waals surface area contributed by atoms with Crippen molar-refractivity contribution in [2.45, 2.75) is 13.3 Å². The molecule has 2 nitrogen and oxygen atoms in total. The van der Waals surface area contributed by atoms with E-state index in [1.54, 1.807) is 14.0 Å². The highest BCUT2D eigenvalue weighted by atomic mass is 16.5. The van der Waals surface area contributed by atoms with Crippen molar-refractivity contribution in [3.8, 4) is 5.75 Å². The summed E-state index contributed by atoms with van der Waals surface area (Å²) in [5.41, 5.74) is 3.19. The van der Waals surface area contributed by atoms with Crippen LogP contribution in [-0.2, 0) is 6.42 Å². The van der Waals surface area contributed by atoms with Gasteiger partial charge in [-0.2, -0.15) is 0 Å². The van der Waals surface area contributed by atoms with Crippen molar-refractivity contribution >= 4 is 5.78 Å². The Bertz CT molecular complexity index is 524. The van der Waals surface area contributed by atoms with E-state index in [0.29, 0.717) is 0 Å². The second-order valence-electron chi connectivity index (χ2n) is 4.28. The molecule has 0 spiro atoms. The fourth-order valence-electron chi connectivity index (χ4n) is 1.84. The number of carbonyl (C=O) groups is 1. The number of ketones is 1. The Morgan fingerprint density at radius 1 is 0.944 bits per heavy atom. The number of hydrogen-bond donors (Lipinski definition) is 0. The summed E-state index contributed by atoms with van der Waals surface area (Å²) < 4.78 is 5.12. The maximum atomic E-state index is 11.2. The van der Waals surface area contributed by atoms with Gasteiger partial charge in [-0.25, -0.2) is 0 Å². The summed E-state index contributed by atoms with van der Waals surface area (Å²) in [7, 11) is 1.66. The normalized spacial score (nSPS) is 10.1. The number of methoxy groups -OCH3 is 1. The van der Waals surface area contributed by atoms with Gasteiger partial charge in [0.1, 0.15) is 5.75 Å². The van der Waals surface area contributed by atoms with Gasteiger partial charge in [-0.1, -0.05) is 36.4 Å². The molecule has 92 valence electrons. The maximum absolute atomic E-state index is 11.2. The fraction of sp³-hybridized carbons (Fsp3) is 0.188. The highest BCUT2D eigenvalue weighted by Crippen LogP contribution is 2.15. The third-order valence-corrected chi connectivity index (χ3v) is 2.93. The van der Waals surface area contributed by atoms with Crippen LogP contribution in [0.5, 0.6) is 5.75 Å². The average molecular weight is 240 g/mol. The Balaban J connectivity index is 2.10. The molecular weight excluding hydrogens is 224 g/mol. The number of ether oxygens (including phenoxy) is 1. The van der Waals surface area contributed by atoms with Crippen molar-refractivity contribution in [1.82, 2.24) is 0 Å². The minimum absolute atomic E-state index is 0.103. The summed E-state index contributed by atoms with van der Waals surface area (Å²) in [5.74, 6) is 0.969. The standard InChI is InChI=1S/C16H16O2/c1-12(17)15-7-3-13(4-8-15)11-14-5-9-16(18-2)10-6-14/h3-10H,11H2,1-2H3. The van der Waals surface area contributed by atoms with Gasteiger partial charge in [0.2, 0.25) is 0 Å². The number of hydrogen-bond acceptors (Lipinski definition) is 2. The van der Waals surface area contributed by atoms with E-state index >= 15 is 0 Å². The monoisotopic (exact) mass is 240 g/mol. The third-order valence-electron chi connectivity index (χ3n) is 2.93. The Hall–Kier alpha value is -2.09. The summed E-state index contributed by atoms with van der Waals surface area (Å²) in [6.07, 6.45) is 0.863. The Kier molecular flexibility index (Phi) is 3.78. The van der Waals surface area contributed by atoms with E-state index in [9.17, 15) is 4.79 Å². The van der Waals surface area contributed by atoms with Crippen LogP contribution in [0.25, 0.3) is 0 Å².